The van der Waals surface area contributed by atoms with Gasteiger partial charge in [-0.15, -0.1) is 0 Å². The van der Waals surface area contributed by atoms with Gasteiger partial charge in [-0.25, -0.2) is 4.98 Å². The summed E-state index contributed by atoms with van der Waals surface area (Å²) in [5, 5.41) is 6.25. The van der Waals surface area contributed by atoms with Crippen LogP contribution in [0.2, 0.25) is 0 Å². The minimum atomic E-state index is 0.932. The van der Waals surface area contributed by atoms with Crippen molar-refractivity contribution < 1.29 is 0 Å². The lowest BCUT2D eigenvalue weighted by atomic mass is 10.0. The van der Waals surface area contributed by atoms with Crippen LogP contribution in [0.5, 0.6) is 0 Å². The lowest BCUT2D eigenvalue weighted by Crippen LogP contribution is -1.98. The highest BCUT2D eigenvalue weighted by atomic mass is 15.1. The second-order valence-corrected chi connectivity index (χ2v) is 12.1. The molecule has 10 aromatic rings. The fraction of sp³-hybridized carbons (Fsp3) is 0. The fourth-order valence-electron chi connectivity index (χ4n) is 7.39. The van der Waals surface area contributed by atoms with Crippen molar-refractivity contribution in [2.45, 2.75) is 0 Å². The number of hydrogen-bond acceptors (Lipinski definition) is 1. The molecule has 3 heterocycles. The number of para-hydroxylation sites is 5. The monoisotopic (exact) mass is 600 g/mol. The van der Waals surface area contributed by atoms with Crippen LogP contribution >= 0.6 is 0 Å². The molecule has 0 N–H and O–H groups in total. The Morgan fingerprint density at radius 2 is 0.957 bits per heavy atom. The van der Waals surface area contributed by atoms with Gasteiger partial charge in [-0.05, 0) is 84.2 Å². The molecular formula is C43H28N4. The van der Waals surface area contributed by atoms with Gasteiger partial charge in [0.05, 0.1) is 27.6 Å². The Morgan fingerprint density at radius 1 is 0.362 bits per heavy atom. The van der Waals surface area contributed by atoms with Crippen LogP contribution in [0.15, 0.2) is 170 Å². The van der Waals surface area contributed by atoms with E-state index in [1.807, 2.05) is 0 Å². The van der Waals surface area contributed by atoms with Gasteiger partial charge < -0.3 is 9.13 Å². The van der Waals surface area contributed by atoms with Gasteiger partial charge in [0.25, 0.3) is 0 Å². The van der Waals surface area contributed by atoms with Gasteiger partial charge in [-0.2, -0.15) is 0 Å². The summed E-state index contributed by atoms with van der Waals surface area (Å²) in [6, 6.07) is 58.4. The molecule has 0 bridgehead atoms. The maximum Gasteiger partial charge on any atom is 0.145 e. The van der Waals surface area contributed by atoms with E-state index in [9.17, 15) is 0 Å². The molecule has 3 aromatic heterocycles. The third-order valence-electron chi connectivity index (χ3n) is 9.49. The Kier molecular flexibility index (Phi) is 5.54. The normalized spacial score (nSPS) is 11.8. The highest BCUT2D eigenvalue weighted by Crippen LogP contribution is 2.40. The van der Waals surface area contributed by atoms with Crippen molar-refractivity contribution in [1.82, 2.24) is 18.7 Å². The molecule has 47 heavy (non-hydrogen) atoms. The molecule has 10 rings (SSSR count). The van der Waals surface area contributed by atoms with E-state index in [-0.39, 0.29) is 0 Å². The summed E-state index contributed by atoms with van der Waals surface area (Å²) in [7, 11) is 0. The van der Waals surface area contributed by atoms with Crippen molar-refractivity contribution in [2.24, 2.45) is 0 Å². The molecule has 0 fully saturated rings. The number of fused-ring (bicyclic) bond motifs is 8. The van der Waals surface area contributed by atoms with Gasteiger partial charge in [0.15, 0.2) is 0 Å². The number of benzene rings is 7. The van der Waals surface area contributed by atoms with E-state index < -0.39 is 0 Å². The largest absolute Gasteiger partial charge is 0.317 e. The van der Waals surface area contributed by atoms with Gasteiger partial charge >= 0.3 is 0 Å². The molecular weight excluding hydrogens is 573 g/mol. The van der Waals surface area contributed by atoms with Crippen LogP contribution in [0.3, 0.4) is 0 Å². The van der Waals surface area contributed by atoms with Gasteiger partial charge in [0.1, 0.15) is 5.82 Å². The molecule has 0 aliphatic rings. The Hall–Kier alpha value is -6.39. The average molecular weight is 601 g/mol. The number of rotatable bonds is 4. The molecule has 0 aliphatic carbocycles. The number of hydrogen-bond donors (Lipinski definition) is 0. The molecule has 4 nitrogen and oxygen atoms in total. The first-order chi connectivity index (χ1) is 23.3. The summed E-state index contributed by atoms with van der Waals surface area (Å²) >= 11 is 0. The van der Waals surface area contributed by atoms with Crippen molar-refractivity contribution >= 4 is 54.5 Å². The molecule has 0 amide bonds. The Morgan fingerprint density at radius 3 is 1.77 bits per heavy atom. The highest BCUT2D eigenvalue weighted by molar-refractivity contribution is 6.22. The van der Waals surface area contributed by atoms with E-state index in [2.05, 4.69) is 184 Å². The van der Waals surface area contributed by atoms with E-state index >= 15 is 0 Å². The van der Waals surface area contributed by atoms with Crippen molar-refractivity contribution in [2.75, 3.05) is 0 Å². The van der Waals surface area contributed by atoms with Crippen molar-refractivity contribution in [1.29, 1.82) is 0 Å². The second-order valence-electron chi connectivity index (χ2n) is 12.1. The van der Waals surface area contributed by atoms with Gasteiger partial charge in [-0.3, -0.25) is 4.57 Å². The molecule has 0 saturated carbocycles. The number of nitrogens with zero attached hydrogens (tertiary/aromatic N) is 4. The second kappa shape index (κ2) is 10.1. The topological polar surface area (TPSA) is 27.7 Å². The predicted octanol–water partition coefficient (Wildman–Crippen LogP) is 10.9. The van der Waals surface area contributed by atoms with E-state index in [0.717, 1.165) is 39.5 Å². The van der Waals surface area contributed by atoms with Crippen molar-refractivity contribution in [3.63, 3.8) is 0 Å². The van der Waals surface area contributed by atoms with Gasteiger partial charge in [0.2, 0.25) is 0 Å². The number of aromatic nitrogens is 4. The van der Waals surface area contributed by atoms with E-state index in [0.29, 0.717) is 0 Å². The van der Waals surface area contributed by atoms with E-state index in [1.54, 1.807) is 0 Å². The van der Waals surface area contributed by atoms with Gasteiger partial charge in [-0.1, -0.05) is 84.9 Å². The zero-order valence-corrected chi connectivity index (χ0v) is 25.5. The lowest BCUT2D eigenvalue weighted by Gasteiger charge is -2.13. The smallest absolute Gasteiger partial charge is 0.145 e. The first-order valence-corrected chi connectivity index (χ1v) is 16.0. The molecule has 0 aliphatic heterocycles. The minimum absolute atomic E-state index is 0.932. The quantitative estimate of drug-likeness (QED) is 0.197. The van der Waals surface area contributed by atoms with Gasteiger partial charge in [0, 0.05) is 50.4 Å². The summed E-state index contributed by atoms with van der Waals surface area (Å²) in [5.74, 6) is 0.932. The molecule has 220 valence electrons. The number of imidazole rings is 1. The van der Waals surface area contributed by atoms with Crippen LogP contribution in [0.4, 0.5) is 0 Å². The summed E-state index contributed by atoms with van der Waals surface area (Å²) < 4.78 is 6.96. The molecule has 0 saturated heterocycles. The molecule has 0 unspecified atom stereocenters. The summed E-state index contributed by atoms with van der Waals surface area (Å²) in [6.45, 7) is 0. The van der Waals surface area contributed by atoms with Crippen LogP contribution in [0, 0.1) is 0 Å². The summed E-state index contributed by atoms with van der Waals surface area (Å²) in [6.07, 6.45) is 2.18. The first-order valence-electron chi connectivity index (χ1n) is 16.0. The lowest BCUT2D eigenvalue weighted by molar-refractivity contribution is 1.10. The molecule has 0 radical (unpaired) electrons. The molecule has 0 atom stereocenters. The highest BCUT2D eigenvalue weighted by Gasteiger charge is 2.18. The maximum atomic E-state index is 5.10. The first kappa shape index (κ1) is 25.9. The van der Waals surface area contributed by atoms with Crippen LogP contribution in [0.25, 0.3) is 83.0 Å². The zero-order valence-electron chi connectivity index (χ0n) is 25.5. The summed E-state index contributed by atoms with van der Waals surface area (Å²) in [5.41, 5.74) is 10.2. The van der Waals surface area contributed by atoms with E-state index in [4.69, 9.17) is 4.98 Å². The average Bonchev–Trinajstić information content (AvgIpc) is 3.85. The minimum Gasteiger partial charge on any atom is -0.317 e. The Balaban J connectivity index is 1.18. The zero-order chi connectivity index (χ0) is 30.9. The summed E-state index contributed by atoms with van der Waals surface area (Å²) in [4.78, 5) is 5.10. The molecule has 4 heteroatoms. The third kappa shape index (κ3) is 3.85. The van der Waals surface area contributed by atoms with E-state index in [1.165, 1.54) is 43.5 Å². The standard InChI is InChI=1S/C43H28N4/c1-3-11-30(12-4-1)45-28-27-35-33-23-24-37-34-15-7-9-17-40(34)46(42(37)36(33)25-26-39(35)45)32-21-19-29(20-22-32)43-44-38-16-8-10-18-41(38)47(43)31-13-5-2-6-14-31/h1-28H. The third-order valence-corrected chi connectivity index (χ3v) is 9.49. The molecule has 7 aromatic carbocycles. The Labute approximate surface area is 271 Å². The predicted molar refractivity (Wildman–Crippen MR) is 195 cm³/mol. The molecule has 0 spiro atoms. The fourth-order valence-corrected chi connectivity index (χ4v) is 7.39. The van der Waals surface area contributed by atoms with Crippen LogP contribution in [-0.2, 0) is 0 Å². The van der Waals surface area contributed by atoms with Crippen molar-refractivity contribution in [3.05, 3.63) is 170 Å². The maximum absolute atomic E-state index is 5.10. The van der Waals surface area contributed by atoms with Crippen LogP contribution in [-0.4, -0.2) is 18.7 Å². The van der Waals surface area contributed by atoms with Crippen LogP contribution < -0.4 is 0 Å². The Bertz CT molecular complexity index is 2760. The van der Waals surface area contributed by atoms with Crippen LogP contribution in [0.1, 0.15) is 0 Å². The van der Waals surface area contributed by atoms with Crippen molar-refractivity contribution in [3.8, 4) is 28.5 Å². The SMILES string of the molecule is c1ccc(-n2ccc3c4ccc5c6ccccc6n(-c6ccc(-c7nc8ccccc8n7-c7ccccc7)cc6)c5c4ccc32)cc1.